The number of pyridine rings is 1. The molecule has 4 heteroatoms. The number of ether oxygens (including phenoxy) is 1. The van der Waals surface area contributed by atoms with Crippen molar-refractivity contribution in [3.8, 4) is 0 Å². The molecule has 2 aromatic rings. The van der Waals surface area contributed by atoms with Crippen LogP contribution in [0, 0.1) is 5.92 Å². The minimum absolute atomic E-state index is 0.363. The molecule has 0 spiro atoms. The van der Waals surface area contributed by atoms with E-state index < -0.39 is 0 Å². The Balaban J connectivity index is 1.60. The van der Waals surface area contributed by atoms with Crippen molar-refractivity contribution in [2.75, 3.05) is 19.8 Å². The van der Waals surface area contributed by atoms with E-state index in [2.05, 4.69) is 34.7 Å². The number of aromatic nitrogens is 1. The molecule has 1 N–H and O–H groups in total. The molecule has 19 heavy (non-hydrogen) atoms. The highest BCUT2D eigenvalue weighted by Gasteiger charge is 2.15. The van der Waals surface area contributed by atoms with Crippen molar-refractivity contribution in [1.29, 1.82) is 0 Å². The van der Waals surface area contributed by atoms with E-state index in [0.29, 0.717) is 6.04 Å². The predicted molar refractivity (Wildman–Crippen MR) is 79.6 cm³/mol. The van der Waals surface area contributed by atoms with Crippen LogP contribution in [0.4, 0.5) is 0 Å². The maximum absolute atomic E-state index is 5.39. The SMILES string of the molecule is CC(NCC1CCOCC1)c1cnc2ccsc2c1. The van der Waals surface area contributed by atoms with E-state index in [9.17, 15) is 0 Å². The van der Waals surface area contributed by atoms with Gasteiger partial charge in [0.15, 0.2) is 0 Å². The molecular formula is C15H20N2OS. The molecule has 0 radical (unpaired) electrons. The van der Waals surface area contributed by atoms with Crippen LogP contribution >= 0.6 is 11.3 Å². The molecular weight excluding hydrogens is 256 g/mol. The number of hydrogen-bond acceptors (Lipinski definition) is 4. The van der Waals surface area contributed by atoms with Crippen LogP contribution < -0.4 is 5.32 Å². The number of fused-ring (bicyclic) bond motifs is 1. The first-order valence-corrected chi connectivity index (χ1v) is 7.85. The van der Waals surface area contributed by atoms with E-state index in [1.165, 1.54) is 23.1 Å². The maximum Gasteiger partial charge on any atom is 0.0809 e. The van der Waals surface area contributed by atoms with Gasteiger partial charge in [-0.2, -0.15) is 0 Å². The van der Waals surface area contributed by atoms with Crippen LogP contribution in [0.15, 0.2) is 23.7 Å². The van der Waals surface area contributed by atoms with Crippen LogP contribution in [0.5, 0.6) is 0 Å². The molecule has 1 unspecified atom stereocenters. The lowest BCUT2D eigenvalue weighted by Gasteiger charge is -2.24. The minimum atomic E-state index is 0.363. The van der Waals surface area contributed by atoms with Gasteiger partial charge in [0.05, 0.1) is 10.2 Å². The molecule has 3 nitrogen and oxygen atoms in total. The van der Waals surface area contributed by atoms with Crippen molar-refractivity contribution in [3.63, 3.8) is 0 Å². The lowest BCUT2D eigenvalue weighted by molar-refractivity contribution is 0.0656. The smallest absolute Gasteiger partial charge is 0.0809 e. The van der Waals surface area contributed by atoms with Crippen molar-refractivity contribution in [2.45, 2.75) is 25.8 Å². The topological polar surface area (TPSA) is 34.1 Å². The quantitative estimate of drug-likeness (QED) is 0.929. The Labute approximate surface area is 118 Å². The average Bonchev–Trinajstić information content (AvgIpc) is 2.93. The highest BCUT2D eigenvalue weighted by molar-refractivity contribution is 7.17. The third kappa shape index (κ3) is 3.14. The van der Waals surface area contributed by atoms with Gasteiger partial charge in [0, 0.05) is 25.5 Å². The monoisotopic (exact) mass is 276 g/mol. The fraction of sp³-hybridized carbons (Fsp3) is 0.533. The second kappa shape index (κ2) is 5.99. The molecule has 1 aliphatic rings. The molecule has 0 aliphatic carbocycles. The molecule has 0 amide bonds. The van der Waals surface area contributed by atoms with Crippen molar-refractivity contribution in [2.24, 2.45) is 5.92 Å². The fourth-order valence-corrected chi connectivity index (χ4v) is 3.30. The Morgan fingerprint density at radius 1 is 1.47 bits per heavy atom. The number of thiophene rings is 1. The fourth-order valence-electron chi connectivity index (χ4n) is 2.51. The summed E-state index contributed by atoms with van der Waals surface area (Å²) in [7, 11) is 0. The molecule has 1 atom stereocenters. The summed E-state index contributed by atoms with van der Waals surface area (Å²) in [6.45, 7) is 5.13. The molecule has 0 saturated carbocycles. The van der Waals surface area contributed by atoms with Gasteiger partial charge in [0.2, 0.25) is 0 Å². The number of nitrogens with zero attached hydrogens (tertiary/aromatic N) is 1. The molecule has 3 heterocycles. The second-order valence-electron chi connectivity index (χ2n) is 5.26. The predicted octanol–water partition coefficient (Wildman–Crippen LogP) is 3.37. The molecule has 1 aliphatic heterocycles. The first-order valence-electron chi connectivity index (χ1n) is 6.97. The standard InChI is InChI=1S/C15H20N2OS/c1-11(16-9-12-2-5-18-6-3-12)13-8-15-14(17-10-13)4-7-19-15/h4,7-8,10-12,16H,2-3,5-6,9H2,1H3. The van der Waals surface area contributed by atoms with Crippen LogP contribution in [-0.4, -0.2) is 24.7 Å². The Bertz CT molecular complexity index is 534. The van der Waals surface area contributed by atoms with Gasteiger partial charge >= 0.3 is 0 Å². The van der Waals surface area contributed by atoms with E-state index in [4.69, 9.17) is 4.74 Å². The van der Waals surface area contributed by atoms with Gasteiger partial charge in [-0.3, -0.25) is 4.98 Å². The van der Waals surface area contributed by atoms with E-state index >= 15 is 0 Å². The maximum atomic E-state index is 5.39. The van der Waals surface area contributed by atoms with E-state index in [1.807, 2.05) is 6.20 Å². The zero-order valence-corrected chi connectivity index (χ0v) is 12.1. The van der Waals surface area contributed by atoms with Crippen LogP contribution in [-0.2, 0) is 4.74 Å². The third-order valence-corrected chi connectivity index (χ3v) is 4.73. The van der Waals surface area contributed by atoms with Crippen LogP contribution in [0.3, 0.4) is 0 Å². The molecule has 0 bridgehead atoms. The lowest BCUT2D eigenvalue weighted by Crippen LogP contribution is -2.29. The Kier molecular flexibility index (Phi) is 4.11. The van der Waals surface area contributed by atoms with Gasteiger partial charge < -0.3 is 10.1 Å². The zero-order chi connectivity index (χ0) is 13.1. The Hall–Kier alpha value is -0.970. The summed E-state index contributed by atoms with van der Waals surface area (Å²) < 4.78 is 6.67. The van der Waals surface area contributed by atoms with Gasteiger partial charge in [0.1, 0.15) is 0 Å². The third-order valence-electron chi connectivity index (χ3n) is 3.88. The summed E-state index contributed by atoms with van der Waals surface area (Å²) in [5, 5.41) is 5.73. The van der Waals surface area contributed by atoms with Crippen LogP contribution in [0.2, 0.25) is 0 Å². The van der Waals surface area contributed by atoms with Crippen LogP contribution in [0.1, 0.15) is 31.4 Å². The van der Waals surface area contributed by atoms with Gasteiger partial charge in [-0.1, -0.05) is 0 Å². The summed E-state index contributed by atoms with van der Waals surface area (Å²) >= 11 is 1.76. The lowest BCUT2D eigenvalue weighted by atomic mass is 9.99. The zero-order valence-electron chi connectivity index (χ0n) is 11.3. The van der Waals surface area contributed by atoms with E-state index in [1.54, 1.807) is 11.3 Å². The molecule has 102 valence electrons. The highest BCUT2D eigenvalue weighted by Crippen LogP contribution is 2.23. The summed E-state index contributed by atoms with van der Waals surface area (Å²) in [5.41, 5.74) is 2.38. The summed E-state index contributed by atoms with van der Waals surface area (Å²) in [6, 6.07) is 4.69. The highest BCUT2D eigenvalue weighted by atomic mass is 32.1. The van der Waals surface area contributed by atoms with Crippen molar-refractivity contribution < 1.29 is 4.74 Å². The molecule has 2 aromatic heterocycles. The summed E-state index contributed by atoms with van der Waals surface area (Å²) in [6.07, 6.45) is 4.36. The summed E-state index contributed by atoms with van der Waals surface area (Å²) in [4.78, 5) is 4.51. The summed E-state index contributed by atoms with van der Waals surface area (Å²) in [5.74, 6) is 0.759. The number of hydrogen-bond donors (Lipinski definition) is 1. The van der Waals surface area contributed by atoms with Crippen molar-refractivity contribution in [3.05, 3.63) is 29.3 Å². The Morgan fingerprint density at radius 2 is 2.32 bits per heavy atom. The van der Waals surface area contributed by atoms with Crippen molar-refractivity contribution in [1.82, 2.24) is 10.3 Å². The number of rotatable bonds is 4. The molecule has 3 rings (SSSR count). The van der Waals surface area contributed by atoms with Gasteiger partial charge in [-0.05, 0) is 55.3 Å². The average molecular weight is 276 g/mol. The second-order valence-corrected chi connectivity index (χ2v) is 6.21. The minimum Gasteiger partial charge on any atom is -0.381 e. The Morgan fingerprint density at radius 3 is 3.16 bits per heavy atom. The van der Waals surface area contributed by atoms with E-state index in [0.717, 1.165) is 31.2 Å². The first kappa shape index (κ1) is 13.0. The molecule has 1 saturated heterocycles. The first-order chi connectivity index (χ1) is 9.33. The molecule has 0 aromatic carbocycles. The van der Waals surface area contributed by atoms with Crippen molar-refractivity contribution >= 4 is 21.6 Å². The van der Waals surface area contributed by atoms with Gasteiger partial charge in [0.25, 0.3) is 0 Å². The normalized spacial score (nSPS) is 18.8. The van der Waals surface area contributed by atoms with Gasteiger partial charge in [-0.25, -0.2) is 0 Å². The largest absolute Gasteiger partial charge is 0.381 e. The van der Waals surface area contributed by atoms with Crippen LogP contribution in [0.25, 0.3) is 10.2 Å². The van der Waals surface area contributed by atoms with E-state index in [-0.39, 0.29) is 0 Å². The number of nitrogens with one attached hydrogen (secondary N) is 1. The molecule has 1 fully saturated rings. The van der Waals surface area contributed by atoms with Gasteiger partial charge in [-0.15, -0.1) is 11.3 Å².